The minimum absolute atomic E-state index is 0.199. The quantitative estimate of drug-likeness (QED) is 0.580. The zero-order valence-electron chi connectivity index (χ0n) is 16.7. The molecule has 0 bridgehead atoms. The van der Waals surface area contributed by atoms with Crippen LogP contribution in [0.4, 0.5) is 15.9 Å². The molecule has 2 heterocycles. The number of halogens is 1. The average molecular weight is 397 g/mol. The smallest absolute Gasteiger partial charge is 0.188 e. The van der Waals surface area contributed by atoms with Gasteiger partial charge in [0.1, 0.15) is 11.6 Å². The standard InChI is InChI=1S/C22H29FN6/c23-19-4-6-20(7-5-19)28-10-12-29(13-11-28)21-14-18(8-9-25-21)16-27-22(24)26-15-17-2-1-3-17/h4-9,14,17H,1-3,10-13,15-16H2,(H3,24,26,27). The predicted octanol–water partition coefficient (Wildman–Crippen LogP) is 2.75. The lowest BCUT2D eigenvalue weighted by atomic mass is 9.85. The summed E-state index contributed by atoms with van der Waals surface area (Å²) in [6.45, 7) is 5.00. The molecule has 6 nitrogen and oxygen atoms in total. The number of aromatic nitrogens is 1. The number of nitrogens with zero attached hydrogens (tertiary/aromatic N) is 4. The van der Waals surface area contributed by atoms with Crippen molar-refractivity contribution in [3.8, 4) is 0 Å². The van der Waals surface area contributed by atoms with Crippen molar-refractivity contribution in [2.24, 2.45) is 16.6 Å². The summed E-state index contributed by atoms with van der Waals surface area (Å²) in [7, 11) is 0. The highest BCUT2D eigenvalue weighted by atomic mass is 19.1. The Morgan fingerprint density at radius 2 is 1.83 bits per heavy atom. The van der Waals surface area contributed by atoms with Crippen molar-refractivity contribution in [3.05, 3.63) is 54.0 Å². The minimum atomic E-state index is -0.199. The predicted molar refractivity (Wildman–Crippen MR) is 116 cm³/mol. The van der Waals surface area contributed by atoms with Crippen molar-refractivity contribution < 1.29 is 4.39 Å². The molecule has 0 unspecified atom stereocenters. The molecule has 1 saturated heterocycles. The van der Waals surface area contributed by atoms with Gasteiger partial charge in [0, 0.05) is 44.6 Å². The van der Waals surface area contributed by atoms with Crippen LogP contribution in [0.5, 0.6) is 0 Å². The van der Waals surface area contributed by atoms with Crippen molar-refractivity contribution in [2.45, 2.75) is 25.8 Å². The Labute approximate surface area is 171 Å². The van der Waals surface area contributed by atoms with Gasteiger partial charge in [0.25, 0.3) is 0 Å². The number of hydrogen-bond acceptors (Lipinski definition) is 4. The van der Waals surface area contributed by atoms with Crippen molar-refractivity contribution in [1.29, 1.82) is 0 Å². The maximum atomic E-state index is 13.1. The number of pyridine rings is 1. The van der Waals surface area contributed by atoms with E-state index in [-0.39, 0.29) is 5.82 Å². The molecule has 29 heavy (non-hydrogen) atoms. The molecule has 1 aromatic carbocycles. The molecule has 2 aliphatic rings. The second-order valence-corrected chi connectivity index (χ2v) is 7.85. The molecule has 1 aliphatic heterocycles. The van der Waals surface area contributed by atoms with Crippen LogP contribution in [-0.4, -0.2) is 43.7 Å². The molecule has 1 saturated carbocycles. The monoisotopic (exact) mass is 396 g/mol. The lowest BCUT2D eigenvalue weighted by Gasteiger charge is -2.36. The van der Waals surface area contributed by atoms with Crippen LogP contribution in [0.3, 0.4) is 0 Å². The van der Waals surface area contributed by atoms with E-state index in [9.17, 15) is 4.39 Å². The van der Waals surface area contributed by atoms with E-state index in [0.717, 1.165) is 55.7 Å². The van der Waals surface area contributed by atoms with E-state index in [1.54, 1.807) is 0 Å². The Bertz CT molecular complexity index is 825. The summed E-state index contributed by atoms with van der Waals surface area (Å²) < 4.78 is 13.1. The third-order valence-corrected chi connectivity index (χ3v) is 5.83. The molecular weight excluding hydrogens is 367 g/mol. The van der Waals surface area contributed by atoms with E-state index >= 15 is 0 Å². The molecule has 0 spiro atoms. The molecule has 2 fully saturated rings. The normalized spacial score (nSPS) is 17.9. The molecule has 1 aromatic heterocycles. The van der Waals surface area contributed by atoms with Gasteiger partial charge >= 0.3 is 0 Å². The highest BCUT2D eigenvalue weighted by Gasteiger charge is 2.19. The number of rotatable bonds is 6. The topological polar surface area (TPSA) is 69.8 Å². The highest BCUT2D eigenvalue weighted by molar-refractivity contribution is 5.77. The van der Waals surface area contributed by atoms with E-state index in [0.29, 0.717) is 12.5 Å². The van der Waals surface area contributed by atoms with Gasteiger partial charge in [-0.25, -0.2) is 14.4 Å². The van der Waals surface area contributed by atoms with Crippen LogP contribution >= 0.6 is 0 Å². The first-order chi connectivity index (χ1) is 14.2. The highest BCUT2D eigenvalue weighted by Crippen LogP contribution is 2.25. The molecule has 2 aromatic rings. The van der Waals surface area contributed by atoms with Gasteiger partial charge in [-0.3, -0.25) is 0 Å². The van der Waals surface area contributed by atoms with Crippen molar-refractivity contribution in [1.82, 2.24) is 10.3 Å². The van der Waals surface area contributed by atoms with Gasteiger partial charge in [-0.05, 0) is 60.7 Å². The molecule has 0 atom stereocenters. The number of guanidine groups is 1. The van der Waals surface area contributed by atoms with E-state index < -0.39 is 0 Å². The Morgan fingerprint density at radius 3 is 2.52 bits per heavy atom. The Balaban J connectivity index is 1.30. The molecule has 154 valence electrons. The molecule has 1 aliphatic carbocycles. The van der Waals surface area contributed by atoms with Gasteiger partial charge in [0.05, 0.1) is 6.54 Å². The molecule has 7 heteroatoms. The number of aliphatic imine (C=N–C) groups is 1. The van der Waals surface area contributed by atoms with Crippen molar-refractivity contribution in [2.75, 3.05) is 42.5 Å². The minimum Gasteiger partial charge on any atom is -0.370 e. The number of hydrogen-bond donors (Lipinski definition) is 2. The summed E-state index contributed by atoms with van der Waals surface area (Å²) in [5.74, 6) is 2.04. The van der Waals surface area contributed by atoms with E-state index in [1.807, 2.05) is 24.4 Å². The summed E-state index contributed by atoms with van der Waals surface area (Å²) in [6.07, 6.45) is 5.76. The summed E-state index contributed by atoms with van der Waals surface area (Å²) in [5, 5.41) is 3.23. The third kappa shape index (κ3) is 5.16. The second kappa shape index (κ2) is 9.11. The lowest BCUT2D eigenvalue weighted by molar-refractivity contribution is 0.315. The number of nitrogens with two attached hydrogens (primary N) is 1. The lowest BCUT2D eigenvalue weighted by Crippen LogP contribution is -2.46. The summed E-state index contributed by atoms with van der Waals surface area (Å²) in [5.41, 5.74) is 8.16. The van der Waals surface area contributed by atoms with Crippen LogP contribution < -0.4 is 20.9 Å². The van der Waals surface area contributed by atoms with E-state index in [1.165, 1.54) is 31.4 Å². The molecule has 3 N–H and O–H groups in total. The number of anilines is 2. The first-order valence-corrected chi connectivity index (χ1v) is 10.4. The maximum absolute atomic E-state index is 13.1. The first kappa shape index (κ1) is 19.5. The SMILES string of the molecule is NC(=NCc1ccnc(N2CCN(c3ccc(F)cc3)CC2)c1)NCC1CCC1. The van der Waals surface area contributed by atoms with Crippen LogP contribution in [0.1, 0.15) is 24.8 Å². The second-order valence-electron chi connectivity index (χ2n) is 7.85. The fourth-order valence-electron chi connectivity index (χ4n) is 3.76. The van der Waals surface area contributed by atoms with E-state index in [2.05, 4.69) is 31.2 Å². The van der Waals surface area contributed by atoms with Crippen LogP contribution in [0, 0.1) is 11.7 Å². The number of piperazine rings is 1. The summed E-state index contributed by atoms with van der Waals surface area (Å²) in [4.78, 5) is 13.6. The molecule has 0 radical (unpaired) electrons. The van der Waals surface area contributed by atoms with Crippen LogP contribution in [0.25, 0.3) is 0 Å². The third-order valence-electron chi connectivity index (χ3n) is 5.83. The van der Waals surface area contributed by atoms with Crippen LogP contribution in [0.2, 0.25) is 0 Å². The average Bonchev–Trinajstić information content (AvgIpc) is 2.72. The van der Waals surface area contributed by atoms with Crippen molar-refractivity contribution in [3.63, 3.8) is 0 Å². The summed E-state index contributed by atoms with van der Waals surface area (Å²) in [6, 6.07) is 10.8. The maximum Gasteiger partial charge on any atom is 0.188 e. The van der Waals surface area contributed by atoms with Crippen molar-refractivity contribution >= 4 is 17.5 Å². The number of nitrogens with one attached hydrogen (secondary N) is 1. The van der Waals surface area contributed by atoms with Gasteiger partial charge in [0.15, 0.2) is 5.96 Å². The Hall–Kier alpha value is -2.83. The Kier molecular flexibility index (Phi) is 6.12. The van der Waals surface area contributed by atoms with Gasteiger partial charge in [-0.1, -0.05) is 6.42 Å². The van der Waals surface area contributed by atoms with Gasteiger partial charge in [-0.15, -0.1) is 0 Å². The molecular formula is C22H29FN6. The molecule has 4 rings (SSSR count). The summed E-state index contributed by atoms with van der Waals surface area (Å²) >= 11 is 0. The zero-order chi connectivity index (χ0) is 20.1. The van der Waals surface area contributed by atoms with Gasteiger partial charge < -0.3 is 20.9 Å². The van der Waals surface area contributed by atoms with Crippen LogP contribution in [0.15, 0.2) is 47.6 Å². The van der Waals surface area contributed by atoms with E-state index in [4.69, 9.17) is 5.73 Å². The largest absolute Gasteiger partial charge is 0.370 e. The van der Waals surface area contributed by atoms with Crippen LogP contribution in [-0.2, 0) is 6.54 Å². The first-order valence-electron chi connectivity index (χ1n) is 10.4. The fraction of sp³-hybridized carbons (Fsp3) is 0.455. The molecule has 0 amide bonds. The van der Waals surface area contributed by atoms with Gasteiger partial charge in [0.2, 0.25) is 0 Å². The van der Waals surface area contributed by atoms with Gasteiger partial charge in [-0.2, -0.15) is 0 Å². The Morgan fingerprint density at radius 1 is 1.10 bits per heavy atom. The zero-order valence-corrected chi connectivity index (χ0v) is 16.7. The number of benzene rings is 1. The fourth-order valence-corrected chi connectivity index (χ4v) is 3.76.